The lowest BCUT2D eigenvalue weighted by molar-refractivity contribution is -0.161. The van der Waals surface area contributed by atoms with Crippen molar-refractivity contribution in [2.45, 2.75) is 179 Å². The van der Waals surface area contributed by atoms with E-state index in [1.807, 2.05) is 6.92 Å². The van der Waals surface area contributed by atoms with Gasteiger partial charge in [0.15, 0.2) is 6.10 Å². The van der Waals surface area contributed by atoms with E-state index in [1.54, 1.807) is 54.7 Å². The number of carboxylic acids is 1. The van der Waals surface area contributed by atoms with Gasteiger partial charge in [-0.2, -0.15) is 0 Å². The van der Waals surface area contributed by atoms with Gasteiger partial charge in [0.2, 0.25) is 0 Å². The first-order valence-corrected chi connectivity index (χ1v) is 23.1. The zero-order chi connectivity index (χ0) is 44.0. The van der Waals surface area contributed by atoms with Crippen LogP contribution in [0.5, 0.6) is 0 Å². The van der Waals surface area contributed by atoms with Crippen molar-refractivity contribution < 1.29 is 62.8 Å². The largest absolute Gasteiger partial charge is 0.480 e. The summed E-state index contributed by atoms with van der Waals surface area (Å²) in [4.78, 5) is 46.0. The van der Waals surface area contributed by atoms with Crippen LogP contribution in [0.15, 0.2) is 60.8 Å². The van der Waals surface area contributed by atoms with Crippen LogP contribution >= 0.6 is 7.82 Å². The molecule has 0 aromatic heterocycles. The molecule has 59 heavy (non-hydrogen) atoms. The van der Waals surface area contributed by atoms with Crippen LogP contribution in [-0.4, -0.2) is 93.5 Å². The molecule has 0 aromatic carbocycles. The summed E-state index contributed by atoms with van der Waals surface area (Å²) in [6.07, 6.45) is 33.0. The number of esters is 2. The molecular formula is C44H76NO13P. The van der Waals surface area contributed by atoms with Crippen LogP contribution in [-0.2, 0) is 37.5 Å². The van der Waals surface area contributed by atoms with Crippen LogP contribution in [0.25, 0.3) is 0 Å². The highest BCUT2D eigenvalue weighted by Gasteiger charge is 2.28. The number of carbonyl (C=O) groups is 3. The number of hydrogen-bond donors (Lipinski definition) is 6. The summed E-state index contributed by atoms with van der Waals surface area (Å²) in [5.41, 5.74) is 5.31. The molecule has 0 radical (unpaired) electrons. The molecule has 0 saturated heterocycles. The minimum Gasteiger partial charge on any atom is -0.480 e. The second-order valence-electron chi connectivity index (χ2n) is 14.7. The van der Waals surface area contributed by atoms with Gasteiger partial charge in [0, 0.05) is 12.8 Å². The maximum absolute atomic E-state index is 12.6. The molecule has 0 rings (SSSR count). The van der Waals surface area contributed by atoms with Crippen LogP contribution < -0.4 is 5.73 Å². The van der Waals surface area contributed by atoms with E-state index in [0.29, 0.717) is 19.3 Å². The Kier molecular flexibility index (Phi) is 36.1. The van der Waals surface area contributed by atoms with Crippen molar-refractivity contribution >= 4 is 25.7 Å². The zero-order valence-corrected chi connectivity index (χ0v) is 36.6. The van der Waals surface area contributed by atoms with Gasteiger partial charge in [-0.05, 0) is 32.1 Å². The summed E-state index contributed by atoms with van der Waals surface area (Å²) in [6, 6.07) is -1.57. The summed E-state index contributed by atoms with van der Waals surface area (Å²) in [6.45, 7) is 2.18. The predicted molar refractivity (Wildman–Crippen MR) is 230 cm³/mol. The number of aliphatic hydroxyl groups is 3. The van der Waals surface area contributed by atoms with Crippen LogP contribution in [0.1, 0.15) is 149 Å². The number of hydrogen-bond acceptors (Lipinski definition) is 12. The van der Waals surface area contributed by atoms with Gasteiger partial charge in [-0.1, -0.05) is 164 Å². The van der Waals surface area contributed by atoms with Crippen molar-refractivity contribution in [1.82, 2.24) is 0 Å². The number of aliphatic hydroxyl groups excluding tert-OH is 3. The Morgan fingerprint density at radius 2 is 1.10 bits per heavy atom. The lowest BCUT2D eigenvalue weighted by Gasteiger charge is -2.20. The van der Waals surface area contributed by atoms with Crippen LogP contribution in [0.4, 0.5) is 0 Å². The van der Waals surface area contributed by atoms with E-state index in [1.165, 1.54) is 76.7 Å². The maximum Gasteiger partial charge on any atom is 0.472 e. The normalized spacial score (nSPS) is 15.9. The molecule has 0 saturated carbocycles. The fourth-order valence-electron chi connectivity index (χ4n) is 5.49. The highest BCUT2D eigenvalue weighted by Crippen LogP contribution is 2.43. The summed E-state index contributed by atoms with van der Waals surface area (Å²) in [5.74, 6) is -2.68. The van der Waals surface area contributed by atoms with E-state index in [2.05, 4.69) is 11.4 Å². The Morgan fingerprint density at radius 3 is 1.66 bits per heavy atom. The Balaban J connectivity index is 4.66. The summed E-state index contributed by atoms with van der Waals surface area (Å²) < 4.78 is 32.5. The van der Waals surface area contributed by atoms with Gasteiger partial charge in [0.25, 0.3) is 0 Å². The Bertz CT molecular complexity index is 1290. The third-order valence-electron chi connectivity index (χ3n) is 9.13. The molecule has 0 spiro atoms. The molecule has 0 heterocycles. The van der Waals surface area contributed by atoms with Crippen molar-refractivity contribution in [1.29, 1.82) is 0 Å². The molecule has 0 aliphatic carbocycles. The number of aliphatic carboxylic acids is 1. The molecule has 6 unspecified atom stereocenters. The smallest absolute Gasteiger partial charge is 0.472 e. The number of nitrogens with two attached hydrogens (primary N) is 1. The van der Waals surface area contributed by atoms with Gasteiger partial charge in [-0.3, -0.25) is 23.4 Å². The summed E-state index contributed by atoms with van der Waals surface area (Å²) in [5, 5.41) is 38.6. The van der Waals surface area contributed by atoms with Crippen LogP contribution in [0.2, 0.25) is 0 Å². The van der Waals surface area contributed by atoms with Crippen LogP contribution in [0, 0.1) is 0 Å². The molecular weight excluding hydrogens is 781 g/mol. The number of rotatable bonds is 39. The van der Waals surface area contributed by atoms with E-state index in [-0.39, 0.29) is 25.7 Å². The highest BCUT2D eigenvalue weighted by molar-refractivity contribution is 7.47. The number of phosphoric acid groups is 1. The third kappa shape index (κ3) is 37.8. The number of carbonyl (C=O) groups excluding carboxylic acids is 2. The van der Waals surface area contributed by atoms with E-state index in [0.717, 1.165) is 19.3 Å². The lowest BCUT2D eigenvalue weighted by atomic mass is 10.0. The van der Waals surface area contributed by atoms with Crippen molar-refractivity contribution in [2.24, 2.45) is 5.73 Å². The second-order valence-corrected chi connectivity index (χ2v) is 16.2. The number of allylic oxidation sites excluding steroid dienone is 6. The summed E-state index contributed by atoms with van der Waals surface area (Å²) in [7, 11) is -4.80. The molecule has 340 valence electrons. The minimum absolute atomic E-state index is 0.116. The molecule has 14 nitrogen and oxygen atoms in total. The van der Waals surface area contributed by atoms with E-state index in [9.17, 15) is 39.2 Å². The van der Waals surface area contributed by atoms with Gasteiger partial charge in [-0.15, -0.1) is 0 Å². The van der Waals surface area contributed by atoms with Crippen molar-refractivity contribution in [3.8, 4) is 0 Å². The Morgan fingerprint density at radius 1 is 0.610 bits per heavy atom. The topological polar surface area (TPSA) is 232 Å². The SMILES string of the molecule is CCCCCCCCCCCCCCCCCC(=O)OCC(COP(=O)(O)OCC(N)C(=O)O)OC(=O)CCCC(O)/C=C/C=C\C=C\C(O)C/C=C\C=C\C(O)CC. The van der Waals surface area contributed by atoms with Crippen molar-refractivity contribution in [2.75, 3.05) is 19.8 Å². The standard InChI is InChI=1S/C44H76NO13P/c1-3-5-6-7-8-9-10-11-12-13-14-15-16-17-25-32-42(49)55-34-40(35-56-59(53,54)57-36-41(45)44(51)52)58-43(50)33-26-31-39(48)29-22-19-18-21-28-38(47)30-24-20-23-27-37(46)4-2/h18-24,27-29,37-41,46-48H,3-17,25-26,30-36,45H2,1-2H3,(H,51,52)(H,53,54)/b19-18-,24-20-,27-23+,28-21+,29-22+. The number of ether oxygens (including phenoxy) is 2. The average molecular weight is 858 g/mol. The summed E-state index contributed by atoms with van der Waals surface area (Å²) >= 11 is 0. The molecule has 0 bridgehead atoms. The molecule has 7 N–H and O–H groups in total. The first-order chi connectivity index (χ1) is 28.3. The minimum atomic E-state index is -4.80. The maximum atomic E-state index is 12.6. The number of phosphoric ester groups is 1. The molecule has 6 atom stereocenters. The molecule has 0 aromatic rings. The third-order valence-corrected chi connectivity index (χ3v) is 10.1. The fourth-order valence-corrected chi connectivity index (χ4v) is 6.27. The van der Waals surface area contributed by atoms with Crippen LogP contribution in [0.3, 0.4) is 0 Å². The monoisotopic (exact) mass is 858 g/mol. The molecule has 0 fully saturated rings. The van der Waals surface area contributed by atoms with Crippen molar-refractivity contribution in [3.05, 3.63) is 60.8 Å². The lowest BCUT2D eigenvalue weighted by Crippen LogP contribution is -2.34. The zero-order valence-electron chi connectivity index (χ0n) is 35.7. The fraction of sp³-hybridized carbons (Fsp3) is 0.705. The Hall–Kier alpha value is -2.94. The molecule has 0 aliphatic heterocycles. The Labute approximate surface area is 353 Å². The molecule has 0 aliphatic rings. The highest BCUT2D eigenvalue weighted by atomic mass is 31.2. The number of carboxylic acid groups (broad SMARTS) is 1. The van der Waals surface area contributed by atoms with Crippen molar-refractivity contribution in [3.63, 3.8) is 0 Å². The average Bonchev–Trinajstić information content (AvgIpc) is 3.20. The van der Waals surface area contributed by atoms with Gasteiger partial charge in [0.05, 0.1) is 31.5 Å². The molecule has 15 heteroatoms. The van der Waals surface area contributed by atoms with Gasteiger partial charge < -0.3 is 40.5 Å². The predicted octanol–water partition coefficient (Wildman–Crippen LogP) is 8.08. The quantitative estimate of drug-likeness (QED) is 0.0149. The van der Waals surface area contributed by atoms with E-state index in [4.69, 9.17) is 24.8 Å². The first kappa shape index (κ1) is 56.1. The first-order valence-electron chi connectivity index (χ1n) is 21.6. The molecule has 0 amide bonds. The van der Waals surface area contributed by atoms with Gasteiger partial charge in [0.1, 0.15) is 12.6 Å². The van der Waals surface area contributed by atoms with Gasteiger partial charge in [-0.25, -0.2) is 4.57 Å². The number of unbranched alkanes of at least 4 members (excludes halogenated alkanes) is 14. The van der Waals surface area contributed by atoms with E-state index >= 15 is 0 Å². The van der Waals surface area contributed by atoms with E-state index < -0.39 is 76.0 Å². The second kappa shape index (κ2) is 38.0. The van der Waals surface area contributed by atoms with Gasteiger partial charge >= 0.3 is 25.7 Å².